The molecule has 0 saturated heterocycles. The maximum atomic E-state index is 11.6. The van der Waals surface area contributed by atoms with Crippen LogP contribution < -0.4 is 11.1 Å². The average molecular weight is 230 g/mol. The van der Waals surface area contributed by atoms with Crippen LogP contribution in [0.1, 0.15) is 40.0 Å². The predicted molar refractivity (Wildman–Crippen MR) is 65.9 cm³/mol. The number of nitrogens with one attached hydrogen (secondary N) is 1. The summed E-state index contributed by atoms with van der Waals surface area (Å²) >= 11 is 0. The van der Waals surface area contributed by atoms with Crippen molar-refractivity contribution < 1.29 is 9.90 Å². The number of hydrogen-bond acceptors (Lipinski definition) is 3. The normalized spacial score (nSPS) is 14.9. The molecule has 0 aliphatic rings. The highest BCUT2D eigenvalue weighted by Gasteiger charge is 2.15. The quantitative estimate of drug-likeness (QED) is 0.579. The van der Waals surface area contributed by atoms with Crippen molar-refractivity contribution >= 4 is 5.91 Å². The van der Waals surface area contributed by atoms with E-state index in [1.165, 1.54) is 0 Å². The van der Waals surface area contributed by atoms with E-state index < -0.39 is 0 Å². The van der Waals surface area contributed by atoms with Crippen LogP contribution in [0.4, 0.5) is 0 Å². The van der Waals surface area contributed by atoms with Gasteiger partial charge in [-0.2, -0.15) is 0 Å². The molecule has 0 fully saturated rings. The van der Waals surface area contributed by atoms with Gasteiger partial charge in [0.05, 0.1) is 12.6 Å². The number of aliphatic hydroxyl groups excluding tert-OH is 1. The second kappa shape index (κ2) is 8.53. The summed E-state index contributed by atoms with van der Waals surface area (Å²) in [6, 6.07) is -0.127. The second-order valence-electron chi connectivity index (χ2n) is 4.82. The van der Waals surface area contributed by atoms with Crippen molar-refractivity contribution in [3.05, 3.63) is 0 Å². The monoisotopic (exact) mass is 230 g/mol. The number of hydrogen-bond donors (Lipinski definition) is 3. The largest absolute Gasteiger partial charge is 0.394 e. The van der Waals surface area contributed by atoms with E-state index in [9.17, 15) is 4.79 Å². The smallest absolute Gasteiger partial charge is 0.220 e. The zero-order chi connectivity index (χ0) is 12.6. The molecule has 0 saturated carbocycles. The van der Waals surface area contributed by atoms with Gasteiger partial charge in [-0.25, -0.2) is 0 Å². The Kier molecular flexibility index (Phi) is 8.21. The number of carbonyl (C=O) groups excluding carboxylic acids is 1. The Balaban J connectivity index is 3.80. The van der Waals surface area contributed by atoms with Gasteiger partial charge in [-0.1, -0.05) is 20.8 Å². The maximum Gasteiger partial charge on any atom is 0.220 e. The fourth-order valence-corrected chi connectivity index (χ4v) is 1.51. The topological polar surface area (TPSA) is 75.4 Å². The standard InChI is InChI=1S/C12H26N2O2/c1-9(2)11(8-15)14-12(16)5-4-10(3)6-7-13/h9-11,15H,4-8,13H2,1-3H3,(H,14,16). The summed E-state index contributed by atoms with van der Waals surface area (Å²) in [6.07, 6.45) is 2.34. The minimum Gasteiger partial charge on any atom is -0.394 e. The van der Waals surface area contributed by atoms with Crippen molar-refractivity contribution in [3.63, 3.8) is 0 Å². The van der Waals surface area contributed by atoms with E-state index in [-0.39, 0.29) is 24.5 Å². The Morgan fingerprint density at radius 2 is 1.94 bits per heavy atom. The molecule has 1 amide bonds. The van der Waals surface area contributed by atoms with Gasteiger partial charge >= 0.3 is 0 Å². The van der Waals surface area contributed by atoms with Crippen molar-refractivity contribution in [2.24, 2.45) is 17.6 Å². The lowest BCUT2D eigenvalue weighted by molar-refractivity contribution is -0.122. The predicted octanol–water partition coefficient (Wildman–Crippen LogP) is 0.885. The Morgan fingerprint density at radius 1 is 1.31 bits per heavy atom. The Bertz CT molecular complexity index is 195. The van der Waals surface area contributed by atoms with E-state index in [1.54, 1.807) is 0 Å². The highest BCUT2D eigenvalue weighted by Crippen LogP contribution is 2.09. The molecule has 16 heavy (non-hydrogen) atoms. The third-order valence-electron chi connectivity index (χ3n) is 2.87. The third kappa shape index (κ3) is 6.80. The van der Waals surface area contributed by atoms with Crippen molar-refractivity contribution in [3.8, 4) is 0 Å². The lowest BCUT2D eigenvalue weighted by Gasteiger charge is -2.20. The van der Waals surface area contributed by atoms with Gasteiger partial charge in [-0.05, 0) is 31.2 Å². The minimum atomic E-state index is -0.127. The molecule has 4 nitrogen and oxygen atoms in total. The molecule has 0 radical (unpaired) electrons. The Hall–Kier alpha value is -0.610. The molecule has 0 aliphatic carbocycles. The number of rotatable bonds is 8. The van der Waals surface area contributed by atoms with Crippen LogP contribution in [-0.4, -0.2) is 30.2 Å². The molecule has 0 spiro atoms. The summed E-state index contributed by atoms with van der Waals surface area (Å²) < 4.78 is 0. The first-order valence-corrected chi connectivity index (χ1v) is 6.11. The van der Waals surface area contributed by atoms with Gasteiger partial charge in [-0.3, -0.25) is 4.79 Å². The highest BCUT2D eigenvalue weighted by molar-refractivity contribution is 5.76. The SMILES string of the molecule is CC(CCN)CCC(=O)NC(CO)C(C)C. The van der Waals surface area contributed by atoms with Crippen LogP contribution in [0.5, 0.6) is 0 Å². The van der Waals surface area contributed by atoms with Crippen molar-refractivity contribution in [2.75, 3.05) is 13.2 Å². The third-order valence-corrected chi connectivity index (χ3v) is 2.87. The molecule has 2 unspecified atom stereocenters. The Morgan fingerprint density at radius 3 is 2.38 bits per heavy atom. The fourth-order valence-electron chi connectivity index (χ4n) is 1.51. The van der Waals surface area contributed by atoms with Crippen molar-refractivity contribution in [1.82, 2.24) is 5.32 Å². The van der Waals surface area contributed by atoms with Gasteiger partial charge in [0.25, 0.3) is 0 Å². The number of nitrogens with two attached hydrogens (primary N) is 1. The molecule has 96 valence electrons. The summed E-state index contributed by atoms with van der Waals surface area (Å²) in [5.74, 6) is 0.773. The van der Waals surface area contributed by atoms with E-state index in [2.05, 4.69) is 12.2 Å². The van der Waals surface area contributed by atoms with Crippen LogP contribution in [0, 0.1) is 11.8 Å². The zero-order valence-corrected chi connectivity index (χ0v) is 10.7. The molecule has 4 heteroatoms. The van der Waals surface area contributed by atoms with Gasteiger partial charge < -0.3 is 16.2 Å². The van der Waals surface area contributed by atoms with Gasteiger partial charge in [-0.15, -0.1) is 0 Å². The van der Waals surface area contributed by atoms with Crippen LogP contribution in [0.15, 0.2) is 0 Å². The van der Waals surface area contributed by atoms with Crippen LogP contribution >= 0.6 is 0 Å². The summed E-state index contributed by atoms with van der Waals surface area (Å²) in [5, 5.41) is 11.9. The zero-order valence-electron chi connectivity index (χ0n) is 10.7. The van der Waals surface area contributed by atoms with Crippen LogP contribution in [-0.2, 0) is 4.79 Å². The molecule has 0 aromatic rings. The molecule has 0 aromatic carbocycles. The molecule has 0 heterocycles. The minimum absolute atomic E-state index is 0.00175. The van der Waals surface area contributed by atoms with Gasteiger partial charge in [0.15, 0.2) is 0 Å². The maximum absolute atomic E-state index is 11.6. The first kappa shape index (κ1) is 15.4. The lowest BCUT2D eigenvalue weighted by Crippen LogP contribution is -2.41. The van der Waals surface area contributed by atoms with Crippen LogP contribution in [0.3, 0.4) is 0 Å². The number of aliphatic hydroxyl groups is 1. The summed E-state index contributed by atoms with van der Waals surface area (Å²) in [6.45, 7) is 6.75. The second-order valence-corrected chi connectivity index (χ2v) is 4.82. The highest BCUT2D eigenvalue weighted by atomic mass is 16.3. The molecule has 2 atom stereocenters. The first-order valence-electron chi connectivity index (χ1n) is 6.11. The van der Waals surface area contributed by atoms with Gasteiger partial charge in [0.2, 0.25) is 5.91 Å². The molecule has 0 aliphatic heterocycles. The number of carbonyl (C=O) groups is 1. The fraction of sp³-hybridized carbons (Fsp3) is 0.917. The summed E-state index contributed by atoms with van der Waals surface area (Å²) in [5.41, 5.74) is 5.44. The summed E-state index contributed by atoms with van der Waals surface area (Å²) in [4.78, 5) is 11.6. The molecule has 0 aromatic heterocycles. The Labute approximate surface area is 98.6 Å². The van der Waals surface area contributed by atoms with Crippen molar-refractivity contribution in [1.29, 1.82) is 0 Å². The lowest BCUT2D eigenvalue weighted by atomic mass is 10.0. The van der Waals surface area contributed by atoms with Crippen molar-refractivity contribution in [2.45, 2.75) is 46.1 Å². The molecular formula is C12H26N2O2. The molecule has 0 rings (SSSR count). The van der Waals surface area contributed by atoms with E-state index in [4.69, 9.17) is 10.8 Å². The number of amides is 1. The summed E-state index contributed by atoms with van der Waals surface area (Å²) in [7, 11) is 0. The molecule has 4 N–H and O–H groups in total. The van der Waals surface area contributed by atoms with E-state index in [0.717, 1.165) is 12.8 Å². The van der Waals surface area contributed by atoms with Gasteiger partial charge in [0, 0.05) is 6.42 Å². The average Bonchev–Trinajstić information content (AvgIpc) is 2.23. The first-order chi connectivity index (χ1) is 7.51. The van der Waals surface area contributed by atoms with E-state index in [0.29, 0.717) is 18.9 Å². The van der Waals surface area contributed by atoms with E-state index >= 15 is 0 Å². The van der Waals surface area contributed by atoms with Crippen LogP contribution in [0.25, 0.3) is 0 Å². The molecule has 0 bridgehead atoms. The molecular weight excluding hydrogens is 204 g/mol. The van der Waals surface area contributed by atoms with Gasteiger partial charge in [0.1, 0.15) is 0 Å². The van der Waals surface area contributed by atoms with E-state index in [1.807, 2.05) is 13.8 Å². The van der Waals surface area contributed by atoms with Crippen LogP contribution in [0.2, 0.25) is 0 Å².